The van der Waals surface area contributed by atoms with Gasteiger partial charge in [-0.1, -0.05) is 12.8 Å². The summed E-state index contributed by atoms with van der Waals surface area (Å²) in [6.45, 7) is 2.03. The lowest BCUT2D eigenvalue weighted by atomic mass is 10.0. The van der Waals surface area contributed by atoms with Gasteiger partial charge in [-0.05, 0) is 75.6 Å². The van der Waals surface area contributed by atoms with Crippen molar-refractivity contribution < 1.29 is 4.79 Å². The lowest BCUT2D eigenvalue weighted by Crippen LogP contribution is -2.43. The summed E-state index contributed by atoms with van der Waals surface area (Å²) in [4.78, 5) is 23.7. The number of H-pyrrole nitrogens is 1. The number of hydrogen-bond donors (Lipinski definition) is 2. The molecule has 1 saturated carbocycles. The molecule has 5 heterocycles. The van der Waals surface area contributed by atoms with E-state index in [1.165, 1.54) is 31.4 Å². The number of nitrogens with one attached hydrogen (secondary N) is 2. The highest BCUT2D eigenvalue weighted by molar-refractivity contribution is 6.02. The summed E-state index contributed by atoms with van der Waals surface area (Å²) in [6, 6.07) is 8.71. The molecule has 0 spiro atoms. The number of aromatic nitrogens is 4. The Morgan fingerprint density at radius 1 is 1.12 bits per heavy atom. The van der Waals surface area contributed by atoms with E-state index in [2.05, 4.69) is 45.5 Å². The van der Waals surface area contributed by atoms with Crippen molar-refractivity contribution in [3.63, 3.8) is 0 Å². The molecule has 0 atom stereocenters. The van der Waals surface area contributed by atoms with Crippen LogP contribution in [0.1, 0.15) is 60.5 Å². The molecule has 0 aromatic carbocycles. The molecule has 0 radical (unpaired) electrons. The molecule has 0 bridgehead atoms. The molecule has 170 valence electrons. The number of amides is 1. The average Bonchev–Trinajstić information content (AvgIpc) is 3.59. The van der Waals surface area contributed by atoms with Gasteiger partial charge < -0.3 is 15.2 Å². The number of rotatable bonds is 4. The molecule has 2 N–H and O–H groups in total. The van der Waals surface area contributed by atoms with Crippen molar-refractivity contribution in [1.29, 1.82) is 0 Å². The largest absolute Gasteiger partial charge is 0.349 e. The van der Waals surface area contributed by atoms with Crippen molar-refractivity contribution in [2.75, 3.05) is 20.1 Å². The van der Waals surface area contributed by atoms with E-state index in [0.29, 0.717) is 11.5 Å². The van der Waals surface area contributed by atoms with E-state index >= 15 is 0 Å². The second-order valence-corrected chi connectivity index (χ2v) is 9.67. The van der Waals surface area contributed by atoms with Crippen LogP contribution in [0.4, 0.5) is 0 Å². The molecule has 4 aromatic heterocycles. The van der Waals surface area contributed by atoms with Gasteiger partial charge in [-0.25, -0.2) is 9.50 Å². The van der Waals surface area contributed by atoms with Crippen molar-refractivity contribution >= 4 is 22.5 Å². The molecule has 1 amide bonds. The number of hydrogen-bond acceptors (Lipinski definition) is 4. The second kappa shape index (κ2) is 8.30. The number of carbonyl (C=O) groups is 1. The van der Waals surface area contributed by atoms with Crippen LogP contribution in [0.5, 0.6) is 0 Å². The summed E-state index contributed by atoms with van der Waals surface area (Å²) in [5, 5.41) is 8.74. The Bertz CT molecular complexity index is 1310. The Morgan fingerprint density at radius 3 is 2.76 bits per heavy atom. The van der Waals surface area contributed by atoms with Crippen molar-refractivity contribution in [2.45, 2.75) is 50.5 Å². The molecular weight excluding hydrogens is 412 g/mol. The number of pyridine rings is 2. The van der Waals surface area contributed by atoms with Gasteiger partial charge in [-0.15, -0.1) is 0 Å². The van der Waals surface area contributed by atoms with Gasteiger partial charge in [0, 0.05) is 41.0 Å². The fraction of sp³-hybridized carbons (Fsp3) is 0.423. The van der Waals surface area contributed by atoms with Crippen LogP contribution in [-0.2, 0) is 0 Å². The van der Waals surface area contributed by atoms with E-state index in [4.69, 9.17) is 4.98 Å². The molecule has 1 saturated heterocycles. The molecule has 1 aliphatic carbocycles. The normalized spacial score (nSPS) is 18.5. The zero-order valence-corrected chi connectivity index (χ0v) is 19.1. The van der Waals surface area contributed by atoms with E-state index in [9.17, 15) is 4.79 Å². The number of piperidine rings is 1. The Kier molecular flexibility index (Phi) is 5.14. The van der Waals surface area contributed by atoms with Gasteiger partial charge in [-0.3, -0.25) is 4.79 Å². The molecule has 2 fully saturated rings. The van der Waals surface area contributed by atoms with E-state index in [-0.39, 0.29) is 11.9 Å². The van der Waals surface area contributed by atoms with Crippen LogP contribution >= 0.6 is 0 Å². The molecule has 1 aliphatic heterocycles. The van der Waals surface area contributed by atoms with Crippen LogP contribution in [-0.4, -0.2) is 56.6 Å². The molecule has 7 nitrogen and oxygen atoms in total. The first-order valence-corrected chi connectivity index (χ1v) is 12.1. The van der Waals surface area contributed by atoms with Crippen molar-refractivity contribution in [3.8, 4) is 11.1 Å². The van der Waals surface area contributed by atoms with Gasteiger partial charge in [0.1, 0.15) is 5.65 Å². The van der Waals surface area contributed by atoms with Crippen LogP contribution in [0, 0.1) is 0 Å². The summed E-state index contributed by atoms with van der Waals surface area (Å²) in [5.41, 5.74) is 5.73. The second-order valence-electron chi connectivity index (χ2n) is 9.67. The molecule has 4 aromatic rings. The van der Waals surface area contributed by atoms with Gasteiger partial charge in [0.25, 0.3) is 5.91 Å². The maximum Gasteiger partial charge on any atom is 0.255 e. The molecule has 33 heavy (non-hydrogen) atoms. The minimum Gasteiger partial charge on any atom is -0.349 e. The smallest absolute Gasteiger partial charge is 0.255 e. The fourth-order valence-corrected chi connectivity index (χ4v) is 5.45. The van der Waals surface area contributed by atoms with Gasteiger partial charge >= 0.3 is 0 Å². The molecular formula is C26H30N6O. The van der Waals surface area contributed by atoms with Gasteiger partial charge in [0.15, 0.2) is 0 Å². The van der Waals surface area contributed by atoms with Crippen LogP contribution in [0.2, 0.25) is 0 Å². The summed E-state index contributed by atoms with van der Waals surface area (Å²) in [7, 11) is 2.13. The number of likely N-dealkylation sites (tertiary alicyclic amines) is 1. The standard InChI is InChI=1S/C26H30N6O/c1-31-11-9-19(10-12-31)29-26(33)22-16-28-32-13-8-18(14-24(22)32)21-15-27-25-20(21)6-7-23(30-25)17-4-2-3-5-17/h6-8,13-17,19H,2-5,9-12H2,1H3,(H,27,30)(H,29,33). The highest BCUT2D eigenvalue weighted by Gasteiger charge is 2.22. The Labute approximate surface area is 193 Å². The third-order valence-corrected chi connectivity index (χ3v) is 7.46. The SMILES string of the molecule is CN1CCC(NC(=O)c2cnn3ccc(-c4c[nH]c5nc(C6CCCC6)ccc45)cc23)CC1. The number of aromatic amines is 1. The minimum atomic E-state index is -0.0431. The summed E-state index contributed by atoms with van der Waals surface area (Å²) in [5.74, 6) is 0.549. The predicted molar refractivity (Wildman–Crippen MR) is 129 cm³/mol. The summed E-state index contributed by atoms with van der Waals surface area (Å²) < 4.78 is 1.78. The molecule has 2 aliphatic rings. The summed E-state index contributed by atoms with van der Waals surface area (Å²) in [6.07, 6.45) is 12.7. The highest BCUT2D eigenvalue weighted by Crippen LogP contribution is 2.35. The Balaban J connectivity index is 1.30. The van der Waals surface area contributed by atoms with Gasteiger partial charge in [0.2, 0.25) is 0 Å². The van der Waals surface area contributed by atoms with Crippen molar-refractivity contribution in [3.05, 3.63) is 54.1 Å². The first kappa shape index (κ1) is 20.4. The monoisotopic (exact) mass is 442 g/mol. The lowest BCUT2D eigenvalue weighted by molar-refractivity contribution is 0.0918. The van der Waals surface area contributed by atoms with E-state index in [1.807, 2.05) is 18.5 Å². The van der Waals surface area contributed by atoms with Crippen LogP contribution in [0.25, 0.3) is 27.7 Å². The Morgan fingerprint density at radius 2 is 1.94 bits per heavy atom. The van der Waals surface area contributed by atoms with Crippen LogP contribution in [0.3, 0.4) is 0 Å². The highest BCUT2D eigenvalue weighted by atomic mass is 16.1. The number of carbonyl (C=O) groups excluding carboxylic acids is 1. The quantitative estimate of drug-likeness (QED) is 0.492. The topological polar surface area (TPSA) is 78.3 Å². The number of fused-ring (bicyclic) bond motifs is 2. The maximum absolute atomic E-state index is 13.0. The van der Waals surface area contributed by atoms with Crippen LogP contribution in [0.15, 0.2) is 42.9 Å². The zero-order valence-electron chi connectivity index (χ0n) is 19.1. The molecule has 6 rings (SSSR count). The zero-order chi connectivity index (χ0) is 22.4. The van der Waals surface area contributed by atoms with E-state index < -0.39 is 0 Å². The average molecular weight is 443 g/mol. The maximum atomic E-state index is 13.0. The summed E-state index contributed by atoms with van der Waals surface area (Å²) >= 11 is 0. The van der Waals surface area contributed by atoms with Crippen molar-refractivity contribution in [1.82, 2.24) is 29.8 Å². The van der Waals surface area contributed by atoms with E-state index in [0.717, 1.165) is 53.6 Å². The fourth-order valence-electron chi connectivity index (χ4n) is 5.45. The third kappa shape index (κ3) is 3.80. The van der Waals surface area contributed by atoms with Crippen LogP contribution < -0.4 is 5.32 Å². The van der Waals surface area contributed by atoms with Gasteiger partial charge in [0.05, 0.1) is 17.3 Å². The molecule has 0 unspecified atom stereocenters. The predicted octanol–water partition coefficient (Wildman–Crippen LogP) is 4.36. The first-order valence-electron chi connectivity index (χ1n) is 12.1. The lowest BCUT2D eigenvalue weighted by Gasteiger charge is -2.29. The molecule has 7 heteroatoms. The van der Waals surface area contributed by atoms with Crippen molar-refractivity contribution in [2.24, 2.45) is 0 Å². The third-order valence-electron chi connectivity index (χ3n) is 7.46. The van der Waals surface area contributed by atoms with Gasteiger partial charge in [-0.2, -0.15) is 5.10 Å². The van der Waals surface area contributed by atoms with E-state index in [1.54, 1.807) is 10.7 Å². The minimum absolute atomic E-state index is 0.0431. The number of nitrogens with zero attached hydrogens (tertiary/aromatic N) is 4. The first-order chi connectivity index (χ1) is 16.2. The Hall–Kier alpha value is -3.19.